The number of carbonyl (C=O) groups is 1. The number of hydrogen-bond donors (Lipinski definition) is 2. The smallest absolute Gasteiger partial charge is 0.328 e. The van der Waals surface area contributed by atoms with E-state index in [4.69, 9.17) is 0 Å². The fourth-order valence-electron chi connectivity index (χ4n) is 2.46. The lowest BCUT2D eigenvalue weighted by molar-refractivity contribution is -0.121. The number of nitrogens with one attached hydrogen (secondary N) is 2. The molecule has 9 heteroatoms. The van der Waals surface area contributed by atoms with Gasteiger partial charge in [-0.1, -0.05) is 0 Å². The lowest BCUT2D eigenvalue weighted by atomic mass is 10.3. The second-order valence-corrected chi connectivity index (χ2v) is 6.02. The van der Waals surface area contributed by atoms with Crippen molar-refractivity contribution in [3.05, 3.63) is 61.5 Å². The molecule has 1 fully saturated rings. The summed E-state index contributed by atoms with van der Waals surface area (Å²) in [5.41, 5.74) is -0.297. The van der Waals surface area contributed by atoms with Gasteiger partial charge < -0.3 is 9.88 Å². The van der Waals surface area contributed by atoms with E-state index >= 15 is 0 Å². The number of aromatic amines is 1. The molecule has 3 rings (SSSR count). The highest BCUT2D eigenvalue weighted by Crippen LogP contribution is 2.38. The number of rotatable bonds is 7. The summed E-state index contributed by atoms with van der Waals surface area (Å²) in [5, 5.41) is 2.70. The number of aromatic nitrogens is 4. The number of aryl methyl sites for hydroxylation is 1. The van der Waals surface area contributed by atoms with Crippen LogP contribution in [0.3, 0.4) is 0 Å². The molecule has 1 aliphatic rings. The summed E-state index contributed by atoms with van der Waals surface area (Å²) in [6.45, 7) is 0.796. The first-order valence-electron chi connectivity index (χ1n) is 8.16. The van der Waals surface area contributed by atoms with E-state index < -0.39 is 11.2 Å². The molecule has 25 heavy (non-hydrogen) atoms. The van der Waals surface area contributed by atoms with E-state index in [2.05, 4.69) is 15.3 Å². The largest absolute Gasteiger partial charge is 0.354 e. The van der Waals surface area contributed by atoms with E-state index in [1.807, 2.05) is 0 Å². The molecule has 0 unspecified atom stereocenters. The molecule has 1 amide bonds. The zero-order valence-electron chi connectivity index (χ0n) is 13.6. The average Bonchev–Trinajstić information content (AvgIpc) is 3.40. The van der Waals surface area contributed by atoms with Crippen molar-refractivity contribution in [3.8, 4) is 0 Å². The molecule has 132 valence electrons. The molecule has 0 aromatic carbocycles. The molecule has 0 radical (unpaired) electrons. The highest BCUT2D eigenvalue weighted by molar-refractivity contribution is 5.75. The third kappa shape index (κ3) is 4.52. The minimum atomic E-state index is -0.548. The summed E-state index contributed by atoms with van der Waals surface area (Å²) in [5.74, 6) is 0.187. The first kappa shape index (κ1) is 16.9. The van der Waals surface area contributed by atoms with Gasteiger partial charge in [0, 0.05) is 50.3 Å². The number of amides is 1. The number of H-pyrrole nitrogens is 1. The standard InChI is InChI=1S/C16H19N5O4/c22-13(3-6-20-7-4-14(23)19-16(20)25)17-5-8-21-10-18-12(9-15(21)24)11-1-2-11/h4,7,9-11H,1-3,5-6,8H2,(H,17,22)(H,19,23,25). The van der Waals surface area contributed by atoms with Crippen molar-refractivity contribution < 1.29 is 4.79 Å². The predicted molar refractivity (Wildman–Crippen MR) is 89.4 cm³/mol. The van der Waals surface area contributed by atoms with Crippen LogP contribution in [0.4, 0.5) is 0 Å². The summed E-state index contributed by atoms with van der Waals surface area (Å²) < 4.78 is 2.71. The Labute approximate surface area is 142 Å². The Hall–Kier alpha value is -2.97. The molecule has 2 aromatic rings. The van der Waals surface area contributed by atoms with E-state index in [0.717, 1.165) is 18.5 Å². The summed E-state index contributed by atoms with van der Waals surface area (Å²) in [6, 6.07) is 2.78. The zero-order chi connectivity index (χ0) is 17.8. The maximum atomic E-state index is 12.0. The van der Waals surface area contributed by atoms with Crippen molar-refractivity contribution in [2.45, 2.75) is 38.3 Å². The Bertz CT molecular complexity index is 938. The molecule has 9 nitrogen and oxygen atoms in total. The van der Waals surface area contributed by atoms with Crippen LogP contribution < -0.4 is 22.1 Å². The van der Waals surface area contributed by atoms with Crippen LogP contribution in [0.25, 0.3) is 0 Å². The zero-order valence-corrected chi connectivity index (χ0v) is 13.6. The number of nitrogens with zero attached hydrogens (tertiary/aromatic N) is 3. The molecular formula is C16H19N5O4. The minimum Gasteiger partial charge on any atom is -0.354 e. The molecule has 0 saturated heterocycles. The molecule has 2 heterocycles. The van der Waals surface area contributed by atoms with Crippen LogP contribution in [0, 0.1) is 0 Å². The molecule has 2 N–H and O–H groups in total. The summed E-state index contributed by atoms with van der Waals surface area (Å²) >= 11 is 0. The van der Waals surface area contributed by atoms with E-state index in [1.165, 1.54) is 27.7 Å². The average molecular weight is 345 g/mol. The molecule has 0 spiro atoms. The van der Waals surface area contributed by atoms with E-state index in [-0.39, 0.29) is 24.4 Å². The first-order valence-corrected chi connectivity index (χ1v) is 8.16. The van der Waals surface area contributed by atoms with Gasteiger partial charge in [-0.25, -0.2) is 9.78 Å². The van der Waals surface area contributed by atoms with Crippen LogP contribution in [-0.2, 0) is 17.9 Å². The van der Waals surface area contributed by atoms with Gasteiger partial charge in [-0.05, 0) is 12.8 Å². The highest BCUT2D eigenvalue weighted by atomic mass is 16.2. The molecule has 2 aromatic heterocycles. The fraction of sp³-hybridized carbons (Fsp3) is 0.438. The van der Waals surface area contributed by atoms with Gasteiger partial charge in [0.25, 0.3) is 11.1 Å². The van der Waals surface area contributed by atoms with Gasteiger partial charge in [-0.15, -0.1) is 0 Å². The Kier molecular flexibility index (Phi) is 4.92. The molecule has 0 atom stereocenters. The summed E-state index contributed by atoms with van der Waals surface area (Å²) in [7, 11) is 0. The SMILES string of the molecule is O=C(CCn1ccc(=O)[nH]c1=O)NCCn1cnc(C2CC2)cc1=O. The molecule has 1 aliphatic carbocycles. The Balaban J connectivity index is 1.45. The number of hydrogen-bond acceptors (Lipinski definition) is 5. The van der Waals surface area contributed by atoms with Crippen molar-refractivity contribution in [2.75, 3.05) is 6.54 Å². The Morgan fingerprint density at radius 3 is 2.72 bits per heavy atom. The van der Waals surface area contributed by atoms with Crippen LogP contribution in [-0.4, -0.2) is 31.6 Å². The third-order valence-corrected chi connectivity index (χ3v) is 4.05. The summed E-state index contributed by atoms with van der Waals surface area (Å²) in [6.07, 6.45) is 5.14. The van der Waals surface area contributed by atoms with Crippen LogP contribution in [0.15, 0.2) is 39.0 Å². The second kappa shape index (κ2) is 7.29. The fourth-order valence-corrected chi connectivity index (χ4v) is 2.46. The van der Waals surface area contributed by atoms with E-state index in [0.29, 0.717) is 19.0 Å². The van der Waals surface area contributed by atoms with Gasteiger partial charge in [0.05, 0.1) is 12.0 Å². The molecule has 1 saturated carbocycles. The maximum Gasteiger partial charge on any atom is 0.328 e. The van der Waals surface area contributed by atoms with Gasteiger partial charge in [-0.2, -0.15) is 0 Å². The minimum absolute atomic E-state index is 0.0969. The quantitative estimate of drug-likeness (QED) is 0.679. The predicted octanol–water partition coefficient (Wildman–Crippen LogP) is -0.823. The highest BCUT2D eigenvalue weighted by Gasteiger charge is 2.25. The van der Waals surface area contributed by atoms with Crippen molar-refractivity contribution in [1.82, 2.24) is 24.4 Å². The van der Waals surface area contributed by atoms with Gasteiger partial charge in [0.2, 0.25) is 5.91 Å². The van der Waals surface area contributed by atoms with E-state index in [1.54, 1.807) is 6.07 Å². The first-order chi connectivity index (χ1) is 12.0. The molecular weight excluding hydrogens is 326 g/mol. The normalized spacial score (nSPS) is 13.6. The van der Waals surface area contributed by atoms with Crippen molar-refractivity contribution >= 4 is 5.91 Å². The van der Waals surface area contributed by atoms with Gasteiger partial charge >= 0.3 is 5.69 Å². The van der Waals surface area contributed by atoms with Gasteiger partial charge in [-0.3, -0.25) is 23.9 Å². The number of carbonyl (C=O) groups excluding carboxylic acids is 1. The third-order valence-electron chi connectivity index (χ3n) is 4.05. The molecule has 0 bridgehead atoms. The van der Waals surface area contributed by atoms with Crippen molar-refractivity contribution in [2.24, 2.45) is 0 Å². The van der Waals surface area contributed by atoms with E-state index in [9.17, 15) is 19.2 Å². The van der Waals surface area contributed by atoms with Crippen LogP contribution in [0.1, 0.15) is 30.9 Å². The monoisotopic (exact) mass is 345 g/mol. The summed E-state index contributed by atoms with van der Waals surface area (Å²) in [4.78, 5) is 52.7. The Morgan fingerprint density at radius 2 is 2.04 bits per heavy atom. The lowest BCUT2D eigenvalue weighted by Crippen LogP contribution is -2.33. The lowest BCUT2D eigenvalue weighted by Gasteiger charge is -2.08. The van der Waals surface area contributed by atoms with Crippen LogP contribution in [0.5, 0.6) is 0 Å². The second-order valence-electron chi connectivity index (χ2n) is 6.02. The molecule has 0 aliphatic heterocycles. The van der Waals surface area contributed by atoms with Crippen molar-refractivity contribution in [1.29, 1.82) is 0 Å². The van der Waals surface area contributed by atoms with Crippen LogP contribution in [0.2, 0.25) is 0 Å². The maximum absolute atomic E-state index is 12.0. The van der Waals surface area contributed by atoms with Crippen molar-refractivity contribution in [3.63, 3.8) is 0 Å². The van der Waals surface area contributed by atoms with Crippen LogP contribution >= 0.6 is 0 Å². The van der Waals surface area contributed by atoms with Gasteiger partial charge in [0.1, 0.15) is 0 Å². The topological polar surface area (TPSA) is 119 Å². The van der Waals surface area contributed by atoms with Gasteiger partial charge in [0.15, 0.2) is 0 Å². The Morgan fingerprint density at radius 1 is 1.24 bits per heavy atom.